The number of para-hydroxylation sites is 1. The van der Waals surface area contributed by atoms with Gasteiger partial charge in [0.25, 0.3) is 11.5 Å². The van der Waals surface area contributed by atoms with Crippen molar-refractivity contribution in [2.75, 3.05) is 5.43 Å². The SMILES string of the molecule is Cc1nc(-c2ccsc2)sc1C(=O)Nn1cnc2ccccc2c1=O. The minimum atomic E-state index is -0.379. The number of carbonyl (C=O) groups excluding carboxylic acids is 1. The fraction of sp³-hybridized carbons (Fsp3) is 0.0588. The molecule has 0 radical (unpaired) electrons. The van der Waals surface area contributed by atoms with Crippen LogP contribution in [0.25, 0.3) is 21.5 Å². The molecule has 3 heterocycles. The predicted octanol–water partition coefficient (Wildman–Crippen LogP) is 3.27. The molecule has 0 aliphatic rings. The molecule has 0 bridgehead atoms. The lowest BCUT2D eigenvalue weighted by Gasteiger charge is -2.07. The first-order chi connectivity index (χ1) is 12.1. The number of hydrogen-bond acceptors (Lipinski definition) is 6. The normalized spacial score (nSPS) is 10.9. The first-order valence-electron chi connectivity index (χ1n) is 7.41. The zero-order chi connectivity index (χ0) is 17.4. The summed E-state index contributed by atoms with van der Waals surface area (Å²) < 4.78 is 1.11. The average Bonchev–Trinajstić information content (AvgIpc) is 3.27. The van der Waals surface area contributed by atoms with Gasteiger partial charge in [-0.2, -0.15) is 11.3 Å². The highest BCUT2D eigenvalue weighted by atomic mass is 32.1. The van der Waals surface area contributed by atoms with Crippen molar-refractivity contribution in [3.05, 3.63) is 68.3 Å². The Balaban J connectivity index is 1.67. The molecular formula is C17H12N4O2S2. The Morgan fingerprint density at radius 3 is 2.88 bits per heavy atom. The summed E-state index contributed by atoms with van der Waals surface area (Å²) in [7, 11) is 0. The lowest BCUT2D eigenvalue weighted by Crippen LogP contribution is -2.33. The topological polar surface area (TPSA) is 76.9 Å². The number of amides is 1. The highest BCUT2D eigenvalue weighted by Gasteiger charge is 2.17. The van der Waals surface area contributed by atoms with E-state index in [9.17, 15) is 9.59 Å². The van der Waals surface area contributed by atoms with Crippen LogP contribution in [0.1, 0.15) is 15.4 Å². The Morgan fingerprint density at radius 2 is 2.08 bits per heavy atom. The molecule has 4 aromatic rings. The molecule has 25 heavy (non-hydrogen) atoms. The van der Waals surface area contributed by atoms with Crippen molar-refractivity contribution in [1.29, 1.82) is 0 Å². The van der Waals surface area contributed by atoms with Gasteiger partial charge in [0, 0.05) is 10.9 Å². The molecule has 0 aliphatic heterocycles. The van der Waals surface area contributed by atoms with Gasteiger partial charge in [0.1, 0.15) is 16.2 Å². The fourth-order valence-corrected chi connectivity index (χ4v) is 4.09. The summed E-state index contributed by atoms with van der Waals surface area (Å²) in [5, 5.41) is 5.18. The van der Waals surface area contributed by atoms with Crippen molar-refractivity contribution in [1.82, 2.24) is 14.6 Å². The molecule has 0 saturated heterocycles. The molecule has 1 N–H and O–H groups in total. The van der Waals surface area contributed by atoms with E-state index < -0.39 is 0 Å². The quantitative estimate of drug-likeness (QED) is 0.602. The number of nitrogens with zero attached hydrogens (tertiary/aromatic N) is 3. The van der Waals surface area contributed by atoms with Crippen LogP contribution in [0.5, 0.6) is 0 Å². The van der Waals surface area contributed by atoms with E-state index in [-0.39, 0.29) is 11.5 Å². The van der Waals surface area contributed by atoms with Crippen molar-refractivity contribution in [3.63, 3.8) is 0 Å². The van der Waals surface area contributed by atoms with Crippen LogP contribution in [0.15, 0.2) is 52.2 Å². The zero-order valence-corrected chi connectivity index (χ0v) is 14.7. The summed E-state index contributed by atoms with van der Waals surface area (Å²) >= 11 is 2.88. The number of thiazole rings is 1. The van der Waals surface area contributed by atoms with Crippen LogP contribution in [0.3, 0.4) is 0 Å². The number of aromatic nitrogens is 3. The molecule has 0 fully saturated rings. The molecule has 6 nitrogen and oxygen atoms in total. The maximum atomic E-state index is 12.6. The Labute approximate surface area is 150 Å². The van der Waals surface area contributed by atoms with Crippen LogP contribution < -0.4 is 11.0 Å². The van der Waals surface area contributed by atoms with Crippen LogP contribution >= 0.6 is 22.7 Å². The van der Waals surface area contributed by atoms with Gasteiger partial charge in [0.05, 0.1) is 16.6 Å². The number of benzene rings is 1. The van der Waals surface area contributed by atoms with Gasteiger partial charge in [-0.25, -0.2) is 14.6 Å². The largest absolute Gasteiger partial charge is 0.282 e. The average molecular weight is 368 g/mol. The first kappa shape index (κ1) is 15.7. The van der Waals surface area contributed by atoms with Gasteiger partial charge in [0.15, 0.2) is 0 Å². The lowest BCUT2D eigenvalue weighted by molar-refractivity contribution is 0.101. The van der Waals surface area contributed by atoms with Crippen LogP contribution in [0.4, 0.5) is 0 Å². The number of rotatable bonds is 3. The molecule has 0 aliphatic carbocycles. The molecule has 1 aromatic carbocycles. The Hall–Kier alpha value is -2.84. The highest BCUT2D eigenvalue weighted by molar-refractivity contribution is 7.17. The van der Waals surface area contributed by atoms with Gasteiger partial charge >= 0.3 is 0 Å². The Kier molecular flexibility index (Phi) is 3.90. The van der Waals surface area contributed by atoms with Crippen molar-refractivity contribution in [2.45, 2.75) is 6.92 Å². The second kappa shape index (κ2) is 6.23. The second-order valence-electron chi connectivity index (χ2n) is 5.32. The number of aryl methyl sites for hydroxylation is 1. The molecule has 8 heteroatoms. The van der Waals surface area contributed by atoms with Gasteiger partial charge < -0.3 is 0 Å². The summed E-state index contributed by atoms with van der Waals surface area (Å²) in [5.74, 6) is -0.379. The van der Waals surface area contributed by atoms with E-state index in [4.69, 9.17) is 0 Å². The first-order valence-corrected chi connectivity index (χ1v) is 9.17. The van der Waals surface area contributed by atoms with E-state index in [1.165, 1.54) is 17.7 Å². The third kappa shape index (κ3) is 2.86. The number of carbonyl (C=O) groups is 1. The highest BCUT2D eigenvalue weighted by Crippen LogP contribution is 2.29. The maximum Gasteiger partial charge on any atom is 0.282 e. The Morgan fingerprint density at radius 1 is 1.24 bits per heavy atom. The molecular weight excluding hydrogens is 356 g/mol. The molecule has 3 aromatic heterocycles. The van der Waals surface area contributed by atoms with E-state index in [2.05, 4.69) is 15.4 Å². The van der Waals surface area contributed by atoms with E-state index in [0.29, 0.717) is 21.5 Å². The minimum Gasteiger partial charge on any atom is -0.267 e. The van der Waals surface area contributed by atoms with Gasteiger partial charge in [-0.3, -0.25) is 15.0 Å². The maximum absolute atomic E-state index is 12.6. The second-order valence-corrected chi connectivity index (χ2v) is 7.10. The number of nitrogens with one attached hydrogen (secondary N) is 1. The van der Waals surface area contributed by atoms with E-state index >= 15 is 0 Å². The molecule has 1 amide bonds. The molecule has 0 saturated carbocycles. The summed E-state index contributed by atoms with van der Waals surface area (Å²) in [5.41, 5.74) is 4.48. The predicted molar refractivity (Wildman–Crippen MR) is 99.9 cm³/mol. The van der Waals surface area contributed by atoms with E-state index in [1.54, 1.807) is 36.5 Å². The molecule has 0 atom stereocenters. The third-order valence-electron chi connectivity index (χ3n) is 3.66. The van der Waals surface area contributed by atoms with E-state index in [1.807, 2.05) is 22.9 Å². The molecule has 0 spiro atoms. The van der Waals surface area contributed by atoms with Gasteiger partial charge in [0.2, 0.25) is 0 Å². The molecule has 0 unspecified atom stereocenters. The van der Waals surface area contributed by atoms with E-state index in [0.717, 1.165) is 15.2 Å². The zero-order valence-electron chi connectivity index (χ0n) is 13.1. The Bertz CT molecular complexity index is 1130. The van der Waals surface area contributed by atoms with Crippen molar-refractivity contribution in [2.24, 2.45) is 0 Å². The van der Waals surface area contributed by atoms with Crippen molar-refractivity contribution >= 4 is 39.5 Å². The fourth-order valence-electron chi connectivity index (χ4n) is 2.43. The van der Waals surface area contributed by atoms with Crippen molar-refractivity contribution in [3.8, 4) is 10.6 Å². The standard InChI is InChI=1S/C17H12N4O2S2/c1-10-14(25-16(19-10)11-6-7-24-8-11)15(22)20-21-9-18-13-5-3-2-4-12(13)17(21)23/h2-9H,1H3,(H,20,22). The smallest absolute Gasteiger partial charge is 0.267 e. The van der Waals surface area contributed by atoms with Crippen LogP contribution in [0, 0.1) is 6.92 Å². The summed E-state index contributed by atoms with van der Waals surface area (Å²) in [4.78, 5) is 34.2. The monoisotopic (exact) mass is 368 g/mol. The van der Waals surface area contributed by atoms with Gasteiger partial charge in [-0.1, -0.05) is 12.1 Å². The summed E-state index contributed by atoms with van der Waals surface area (Å²) in [6.07, 6.45) is 1.32. The lowest BCUT2D eigenvalue weighted by atomic mass is 10.2. The van der Waals surface area contributed by atoms with Crippen LogP contribution in [-0.4, -0.2) is 20.6 Å². The van der Waals surface area contributed by atoms with Crippen LogP contribution in [0.2, 0.25) is 0 Å². The summed E-state index contributed by atoms with van der Waals surface area (Å²) in [6, 6.07) is 8.97. The molecule has 4 rings (SSSR count). The number of hydrogen-bond donors (Lipinski definition) is 1. The van der Waals surface area contributed by atoms with Gasteiger partial charge in [-0.05, 0) is 30.5 Å². The molecule has 124 valence electrons. The minimum absolute atomic E-state index is 0.320. The number of fused-ring (bicyclic) bond motifs is 1. The van der Waals surface area contributed by atoms with Crippen LogP contribution in [-0.2, 0) is 0 Å². The van der Waals surface area contributed by atoms with Gasteiger partial charge in [-0.15, -0.1) is 11.3 Å². The summed E-state index contributed by atoms with van der Waals surface area (Å²) in [6.45, 7) is 1.78. The van der Waals surface area contributed by atoms with Crippen molar-refractivity contribution < 1.29 is 4.79 Å². The third-order valence-corrected chi connectivity index (χ3v) is 5.55. The number of thiophene rings is 1.